The minimum Gasteiger partial charge on any atom is -0.444 e. The first-order chi connectivity index (χ1) is 9.38. The second-order valence-corrected chi connectivity index (χ2v) is 4.55. The molecule has 9 heteroatoms. The number of hydrogen-bond acceptors (Lipinski definition) is 7. The zero-order valence-electron chi connectivity index (χ0n) is 11.0. The summed E-state index contributed by atoms with van der Waals surface area (Å²) < 4.78 is 5.36. The number of aromatic nitrogens is 3. The summed E-state index contributed by atoms with van der Waals surface area (Å²) in [6.45, 7) is 5.01. The Hall–Kier alpha value is -2.22. The minimum absolute atomic E-state index is 0.0378. The lowest BCUT2D eigenvalue weighted by atomic mass is 10.3. The smallest absolute Gasteiger partial charge is 0.332 e. The van der Waals surface area contributed by atoms with Crippen molar-refractivity contribution in [1.82, 2.24) is 15.0 Å². The molecule has 0 fully saturated rings. The van der Waals surface area contributed by atoms with Crippen molar-refractivity contribution in [3.05, 3.63) is 38.9 Å². The maximum absolute atomic E-state index is 11.1. The molecule has 2 aromatic heterocycles. The van der Waals surface area contributed by atoms with Crippen LogP contribution in [-0.4, -0.2) is 19.9 Å². The fourth-order valence-corrected chi connectivity index (χ4v) is 1.90. The quantitative estimate of drug-likeness (QED) is 0.525. The Labute approximate surface area is 119 Å². The topological polar surface area (TPSA) is 107 Å². The molecule has 0 aliphatic carbocycles. The number of anilines is 1. The van der Waals surface area contributed by atoms with Crippen LogP contribution in [0.25, 0.3) is 0 Å². The molecule has 0 radical (unpaired) electrons. The maximum atomic E-state index is 11.1. The van der Waals surface area contributed by atoms with E-state index >= 15 is 0 Å². The highest BCUT2D eigenvalue weighted by Crippen LogP contribution is 2.29. The highest BCUT2D eigenvalue weighted by Gasteiger charge is 2.24. The number of nitrogens with zero attached hydrogens (tertiary/aromatic N) is 4. The van der Waals surface area contributed by atoms with E-state index in [9.17, 15) is 10.1 Å². The van der Waals surface area contributed by atoms with Gasteiger partial charge in [-0.25, -0.2) is 9.97 Å². The molecule has 0 bridgehead atoms. The second kappa shape index (κ2) is 5.41. The normalized spacial score (nSPS) is 12.2. The van der Waals surface area contributed by atoms with Gasteiger partial charge in [-0.1, -0.05) is 0 Å². The third kappa shape index (κ3) is 2.85. The zero-order chi connectivity index (χ0) is 14.9. The summed E-state index contributed by atoms with van der Waals surface area (Å²) in [7, 11) is 0. The lowest BCUT2D eigenvalue weighted by molar-refractivity contribution is -0.385. The van der Waals surface area contributed by atoms with Gasteiger partial charge in [0.2, 0.25) is 17.0 Å². The molecular formula is C11H12ClN5O3. The van der Waals surface area contributed by atoms with Gasteiger partial charge < -0.3 is 9.73 Å². The van der Waals surface area contributed by atoms with Crippen LogP contribution < -0.4 is 5.32 Å². The number of rotatable bonds is 4. The van der Waals surface area contributed by atoms with Crippen molar-refractivity contribution in [2.75, 3.05) is 5.32 Å². The van der Waals surface area contributed by atoms with Crippen molar-refractivity contribution in [1.29, 1.82) is 0 Å². The van der Waals surface area contributed by atoms with Gasteiger partial charge in [-0.05, 0) is 32.4 Å². The summed E-state index contributed by atoms with van der Waals surface area (Å²) in [5.74, 6) is 1.10. The van der Waals surface area contributed by atoms with Gasteiger partial charge in [-0.3, -0.25) is 10.1 Å². The van der Waals surface area contributed by atoms with E-state index in [2.05, 4.69) is 20.3 Å². The molecule has 20 heavy (non-hydrogen) atoms. The molecule has 2 aromatic rings. The highest BCUT2D eigenvalue weighted by atomic mass is 35.5. The van der Waals surface area contributed by atoms with E-state index in [1.807, 2.05) is 0 Å². The summed E-state index contributed by atoms with van der Waals surface area (Å²) in [5.41, 5.74) is -0.0298. The molecule has 0 aliphatic heterocycles. The Morgan fingerprint density at radius 3 is 2.70 bits per heavy atom. The standard InChI is InChI=1S/C11H12ClN5O3/c1-5-4-13-10(20-5)7(3)14-9-8(17(18)19)6(2)15-11(12)16-9/h4,7H,1-3H3,(H,14,15,16). The molecule has 1 N–H and O–H groups in total. The van der Waals surface area contributed by atoms with Crippen LogP contribution in [0.2, 0.25) is 5.28 Å². The van der Waals surface area contributed by atoms with E-state index in [4.69, 9.17) is 16.0 Å². The highest BCUT2D eigenvalue weighted by molar-refractivity contribution is 6.28. The van der Waals surface area contributed by atoms with Crippen LogP contribution in [0.3, 0.4) is 0 Å². The Balaban J connectivity index is 2.35. The molecule has 0 aliphatic rings. The van der Waals surface area contributed by atoms with Crippen LogP contribution in [0.15, 0.2) is 10.6 Å². The number of nitrogens with one attached hydrogen (secondary N) is 1. The molecule has 2 heterocycles. The van der Waals surface area contributed by atoms with Crippen LogP contribution in [0.4, 0.5) is 11.5 Å². The van der Waals surface area contributed by atoms with Crippen LogP contribution in [0, 0.1) is 24.0 Å². The molecule has 0 spiro atoms. The SMILES string of the molecule is Cc1cnc(C(C)Nc2nc(Cl)nc(C)c2[N+](=O)[O-])o1. The average Bonchev–Trinajstić information content (AvgIpc) is 2.74. The number of oxazole rings is 1. The molecule has 1 unspecified atom stereocenters. The van der Waals surface area contributed by atoms with Gasteiger partial charge >= 0.3 is 5.69 Å². The molecule has 0 amide bonds. The van der Waals surface area contributed by atoms with E-state index in [0.29, 0.717) is 11.7 Å². The van der Waals surface area contributed by atoms with E-state index in [1.54, 1.807) is 20.0 Å². The van der Waals surface area contributed by atoms with E-state index in [1.165, 1.54) is 6.92 Å². The predicted octanol–water partition coefficient (Wildman–Crippen LogP) is 2.82. The van der Waals surface area contributed by atoms with Crippen molar-refractivity contribution in [3.8, 4) is 0 Å². The first kappa shape index (κ1) is 14.2. The van der Waals surface area contributed by atoms with Gasteiger partial charge in [0.05, 0.1) is 11.1 Å². The summed E-state index contributed by atoms with van der Waals surface area (Å²) in [6, 6.07) is -0.396. The molecule has 0 saturated carbocycles. The first-order valence-electron chi connectivity index (χ1n) is 5.76. The van der Waals surface area contributed by atoms with Gasteiger partial charge in [0.25, 0.3) is 0 Å². The lowest BCUT2D eigenvalue weighted by Gasteiger charge is -2.12. The minimum atomic E-state index is -0.554. The van der Waals surface area contributed by atoms with E-state index in [-0.39, 0.29) is 22.5 Å². The van der Waals surface area contributed by atoms with Crippen LogP contribution in [-0.2, 0) is 0 Å². The third-order valence-corrected chi connectivity index (χ3v) is 2.75. The fraction of sp³-hybridized carbons (Fsp3) is 0.364. The largest absolute Gasteiger partial charge is 0.444 e. The lowest BCUT2D eigenvalue weighted by Crippen LogP contribution is -2.12. The Bertz CT molecular complexity index is 658. The average molecular weight is 298 g/mol. The van der Waals surface area contributed by atoms with Gasteiger partial charge in [0.15, 0.2) is 0 Å². The Kier molecular flexibility index (Phi) is 3.84. The van der Waals surface area contributed by atoms with Crippen molar-refractivity contribution < 1.29 is 9.34 Å². The summed E-state index contributed by atoms with van der Waals surface area (Å²) >= 11 is 5.74. The number of halogens is 1. The summed E-state index contributed by atoms with van der Waals surface area (Å²) in [6.07, 6.45) is 1.57. The number of hydrogen-bond donors (Lipinski definition) is 1. The molecule has 0 aromatic carbocycles. The Morgan fingerprint density at radius 2 is 2.15 bits per heavy atom. The summed E-state index contributed by atoms with van der Waals surface area (Å²) in [5, 5.41) is 13.9. The zero-order valence-corrected chi connectivity index (χ0v) is 11.8. The fourth-order valence-electron chi connectivity index (χ4n) is 1.69. The van der Waals surface area contributed by atoms with Crippen LogP contribution in [0.1, 0.15) is 30.3 Å². The predicted molar refractivity (Wildman–Crippen MR) is 71.7 cm³/mol. The molecule has 2 rings (SSSR count). The molecule has 1 atom stereocenters. The van der Waals surface area contributed by atoms with Crippen molar-refractivity contribution in [2.45, 2.75) is 26.8 Å². The number of nitro groups is 1. The first-order valence-corrected chi connectivity index (χ1v) is 6.13. The van der Waals surface area contributed by atoms with Crippen LogP contribution >= 0.6 is 11.6 Å². The van der Waals surface area contributed by atoms with Crippen molar-refractivity contribution in [3.63, 3.8) is 0 Å². The van der Waals surface area contributed by atoms with E-state index in [0.717, 1.165) is 0 Å². The Morgan fingerprint density at radius 1 is 1.45 bits per heavy atom. The van der Waals surface area contributed by atoms with Crippen molar-refractivity contribution >= 4 is 23.1 Å². The number of aryl methyl sites for hydroxylation is 2. The third-order valence-electron chi connectivity index (χ3n) is 2.58. The van der Waals surface area contributed by atoms with E-state index < -0.39 is 11.0 Å². The van der Waals surface area contributed by atoms with Gasteiger partial charge in [-0.2, -0.15) is 4.98 Å². The van der Waals surface area contributed by atoms with Gasteiger partial charge in [-0.15, -0.1) is 0 Å². The van der Waals surface area contributed by atoms with Gasteiger partial charge in [0.1, 0.15) is 17.5 Å². The van der Waals surface area contributed by atoms with Crippen molar-refractivity contribution in [2.24, 2.45) is 0 Å². The van der Waals surface area contributed by atoms with Crippen LogP contribution in [0.5, 0.6) is 0 Å². The second-order valence-electron chi connectivity index (χ2n) is 4.21. The molecule has 106 valence electrons. The molecular weight excluding hydrogens is 286 g/mol. The molecule has 8 nitrogen and oxygen atoms in total. The summed E-state index contributed by atoms with van der Waals surface area (Å²) in [4.78, 5) is 22.2. The maximum Gasteiger partial charge on any atom is 0.332 e. The monoisotopic (exact) mass is 297 g/mol. The molecule has 0 saturated heterocycles. The van der Waals surface area contributed by atoms with Gasteiger partial charge in [0, 0.05) is 0 Å².